The maximum Gasteiger partial charge on any atom is 0.248 e. The van der Waals surface area contributed by atoms with E-state index in [-0.39, 0.29) is 18.1 Å². The van der Waals surface area contributed by atoms with Gasteiger partial charge in [-0.1, -0.05) is 6.07 Å². The summed E-state index contributed by atoms with van der Waals surface area (Å²) in [6.45, 7) is 6.01. The Morgan fingerprint density at radius 1 is 1.42 bits per heavy atom. The van der Waals surface area contributed by atoms with Crippen molar-refractivity contribution in [1.82, 2.24) is 9.88 Å². The van der Waals surface area contributed by atoms with Gasteiger partial charge in [0.1, 0.15) is 12.2 Å². The Kier molecular flexibility index (Phi) is 5.81. The van der Waals surface area contributed by atoms with Crippen LogP contribution in [0.15, 0.2) is 24.4 Å². The van der Waals surface area contributed by atoms with Crippen LogP contribution in [0, 0.1) is 5.92 Å². The van der Waals surface area contributed by atoms with Crippen LogP contribution >= 0.6 is 0 Å². The van der Waals surface area contributed by atoms with Crippen molar-refractivity contribution in [3.05, 3.63) is 30.1 Å². The molecule has 2 fully saturated rings. The van der Waals surface area contributed by atoms with E-state index in [4.69, 9.17) is 14.2 Å². The van der Waals surface area contributed by atoms with Gasteiger partial charge < -0.3 is 19.1 Å². The fraction of sp³-hybridized carbons (Fsp3) is 0.667. The molecule has 2 saturated heterocycles. The molecule has 6 nitrogen and oxygen atoms in total. The normalized spacial score (nSPS) is 21.9. The van der Waals surface area contributed by atoms with Gasteiger partial charge in [0.05, 0.1) is 25.4 Å². The number of carbonyl (C=O) groups excluding carboxylic acids is 1. The van der Waals surface area contributed by atoms with Gasteiger partial charge in [-0.3, -0.25) is 9.78 Å². The standard InChI is InChI=1S/C18H26N2O4/c1-2-22-12-17(21)20-13-18(14-20)15(7-10-24-18)6-9-23-11-16-5-3-4-8-19-16/h3-5,8,15H,2,6-7,9-14H2,1H3/t15-/m0/s1. The maximum absolute atomic E-state index is 12.0. The Labute approximate surface area is 143 Å². The average Bonchev–Trinajstić information content (AvgIpc) is 3.00. The molecule has 3 rings (SSSR count). The van der Waals surface area contributed by atoms with Gasteiger partial charge in [0.15, 0.2) is 0 Å². The number of rotatable bonds is 8. The summed E-state index contributed by atoms with van der Waals surface area (Å²) in [5.74, 6) is 0.514. The first-order valence-corrected chi connectivity index (χ1v) is 8.70. The Hall–Kier alpha value is -1.50. The highest BCUT2D eigenvalue weighted by Crippen LogP contribution is 2.41. The van der Waals surface area contributed by atoms with E-state index in [2.05, 4.69) is 4.98 Å². The predicted molar refractivity (Wildman–Crippen MR) is 88.4 cm³/mol. The molecule has 132 valence electrons. The molecule has 0 aliphatic carbocycles. The van der Waals surface area contributed by atoms with Crippen LogP contribution in [-0.2, 0) is 25.6 Å². The molecular formula is C18H26N2O4. The fourth-order valence-electron chi connectivity index (χ4n) is 3.48. The lowest BCUT2D eigenvalue weighted by atomic mass is 9.79. The van der Waals surface area contributed by atoms with Gasteiger partial charge in [-0.15, -0.1) is 0 Å². The largest absolute Gasteiger partial charge is 0.375 e. The van der Waals surface area contributed by atoms with Gasteiger partial charge >= 0.3 is 0 Å². The van der Waals surface area contributed by atoms with Crippen molar-refractivity contribution < 1.29 is 19.0 Å². The minimum absolute atomic E-state index is 0.0585. The van der Waals surface area contributed by atoms with Gasteiger partial charge in [0, 0.05) is 26.0 Å². The Morgan fingerprint density at radius 3 is 3.04 bits per heavy atom. The van der Waals surface area contributed by atoms with Crippen LogP contribution in [0.4, 0.5) is 0 Å². The highest BCUT2D eigenvalue weighted by Gasteiger charge is 2.53. The summed E-state index contributed by atoms with van der Waals surface area (Å²) in [5, 5.41) is 0. The van der Waals surface area contributed by atoms with Crippen LogP contribution in [0.1, 0.15) is 25.5 Å². The zero-order valence-electron chi connectivity index (χ0n) is 14.3. The molecule has 0 N–H and O–H groups in total. The molecule has 0 saturated carbocycles. The Morgan fingerprint density at radius 2 is 2.29 bits per heavy atom. The van der Waals surface area contributed by atoms with E-state index in [0.717, 1.165) is 25.1 Å². The second kappa shape index (κ2) is 8.05. The van der Waals surface area contributed by atoms with Gasteiger partial charge in [-0.25, -0.2) is 0 Å². The molecule has 6 heteroatoms. The van der Waals surface area contributed by atoms with E-state index in [9.17, 15) is 4.79 Å². The third-order valence-electron chi connectivity index (χ3n) is 4.89. The number of nitrogens with zero attached hydrogens (tertiary/aromatic N) is 2. The topological polar surface area (TPSA) is 60.9 Å². The van der Waals surface area contributed by atoms with Gasteiger partial charge in [-0.05, 0) is 37.8 Å². The van der Waals surface area contributed by atoms with Crippen molar-refractivity contribution in [1.29, 1.82) is 0 Å². The first-order valence-electron chi connectivity index (χ1n) is 8.70. The molecule has 1 atom stereocenters. The molecule has 0 aromatic carbocycles. The third-order valence-corrected chi connectivity index (χ3v) is 4.89. The van der Waals surface area contributed by atoms with E-state index < -0.39 is 0 Å². The van der Waals surface area contributed by atoms with Crippen LogP contribution in [0.25, 0.3) is 0 Å². The summed E-state index contributed by atoms with van der Waals surface area (Å²) in [6.07, 6.45) is 3.78. The summed E-state index contributed by atoms with van der Waals surface area (Å²) in [5.41, 5.74) is 0.794. The molecule has 1 aromatic heterocycles. The van der Waals surface area contributed by atoms with E-state index >= 15 is 0 Å². The summed E-state index contributed by atoms with van der Waals surface area (Å²) in [4.78, 5) is 18.1. The quantitative estimate of drug-likeness (QED) is 0.677. The molecule has 1 spiro atoms. The average molecular weight is 334 g/mol. The Balaban J connectivity index is 1.39. The molecule has 24 heavy (non-hydrogen) atoms. The maximum atomic E-state index is 12.0. The minimum Gasteiger partial charge on any atom is -0.375 e. The number of ether oxygens (including phenoxy) is 3. The second-order valence-electron chi connectivity index (χ2n) is 6.45. The first-order chi connectivity index (χ1) is 11.7. The Bertz CT molecular complexity index is 531. The monoisotopic (exact) mass is 334 g/mol. The minimum atomic E-state index is -0.157. The van der Waals surface area contributed by atoms with Crippen molar-refractivity contribution in [3.63, 3.8) is 0 Å². The predicted octanol–water partition coefficient (Wildman–Crippen LogP) is 1.64. The van der Waals surface area contributed by atoms with Crippen molar-refractivity contribution in [2.45, 2.75) is 32.0 Å². The van der Waals surface area contributed by atoms with Gasteiger partial charge in [0.25, 0.3) is 0 Å². The highest BCUT2D eigenvalue weighted by atomic mass is 16.5. The molecule has 2 aliphatic heterocycles. The van der Waals surface area contributed by atoms with Crippen molar-refractivity contribution in [2.24, 2.45) is 5.92 Å². The zero-order chi connectivity index (χ0) is 16.8. The van der Waals surface area contributed by atoms with Gasteiger partial charge in [-0.2, -0.15) is 0 Å². The lowest BCUT2D eigenvalue weighted by molar-refractivity contribution is -0.169. The molecule has 0 radical (unpaired) electrons. The van der Waals surface area contributed by atoms with Crippen molar-refractivity contribution >= 4 is 5.91 Å². The lowest BCUT2D eigenvalue weighted by Gasteiger charge is -2.50. The molecule has 0 unspecified atom stereocenters. The highest BCUT2D eigenvalue weighted by molar-refractivity contribution is 5.78. The molecule has 1 aromatic rings. The zero-order valence-corrected chi connectivity index (χ0v) is 14.3. The number of hydrogen-bond donors (Lipinski definition) is 0. The van der Waals surface area contributed by atoms with Crippen LogP contribution in [0.3, 0.4) is 0 Å². The lowest BCUT2D eigenvalue weighted by Crippen LogP contribution is -2.66. The number of likely N-dealkylation sites (tertiary alicyclic amines) is 1. The molecule has 0 bridgehead atoms. The summed E-state index contributed by atoms with van der Waals surface area (Å²) in [6, 6.07) is 5.83. The number of pyridine rings is 1. The van der Waals surface area contributed by atoms with Crippen molar-refractivity contribution in [3.8, 4) is 0 Å². The fourth-order valence-corrected chi connectivity index (χ4v) is 3.48. The van der Waals surface area contributed by atoms with Gasteiger partial charge in [0.2, 0.25) is 5.91 Å². The summed E-state index contributed by atoms with van der Waals surface area (Å²) >= 11 is 0. The third kappa shape index (κ3) is 3.94. The number of carbonyl (C=O) groups is 1. The summed E-state index contributed by atoms with van der Waals surface area (Å²) in [7, 11) is 0. The molecule has 3 heterocycles. The second-order valence-corrected chi connectivity index (χ2v) is 6.45. The van der Waals surface area contributed by atoms with Crippen LogP contribution in [-0.4, -0.2) is 60.9 Å². The van der Waals surface area contributed by atoms with E-state index in [0.29, 0.717) is 38.8 Å². The summed E-state index contributed by atoms with van der Waals surface area (Å²) < 4.78 is 16.9. The van der Waals surface area contributed by atoms with Crippen LogP contribution in [0.5, 0.6) is 0 Å². The van der Waals surface area contributed by atoms with E-state index in [1.807, 2.05) is 30.0 Å². The molecular weight excluding hydrogens is 308 g/mol. The van der Waals surface area contributed by atoms with Crippen LogP contribution < -0.4 is 0 Å². The molecule has 2 aliphatic rings. The number of amides is 1. The van der Waals surface area contributed by atoms with E-state index in [1.54, 1.807) is 6.20 Å². The SMILES string of the molecule is CCOCC(=O)N1CC2(C1)OCC[C@@H]2CCOCc1ccccn1. The first kappa shape index (κ1) is 17.3. The van der Waals surface area contributed by atoms with E-state index in [1.165, 1.54) is 0 Å². The van der Waals surface area contributed by atoms with Crippen LogP contribution in [0.2, 0.25) is 0 Å². The number of aromatic nitrogens is 1. The van der Waals surface area contributed by atoms with Crippen molar-refractivity contribution in [2.75, 3.05) is 39.5 Å². The molecule has 1 amide bonds. The smallest absolute Gasteiger partial charge is 0.248 e. The number of hydrogen-bond acceptors (Lipinski definition) is 5.